The van der Waals surface area contributed by atoms with Gasteiger partial charge in [-0.25, -0.2) is 9.78 Å². The predicted molar refractivity (Wildman–Crippen MR) is 70.8 cm³/mol. The molecule has 6 nitrogen and oxygen atoms in total. The molecule has 0 aliphatic heterocycles. The SMILES string of the molecule is CCOC(=O)NCc1nc2ccccc2c(=O)n1C. The molecule has 100 valence electrons. The second kappa shape index (κ2) is 5.51. The second-order valence-corrected chi connectivity index (χ2v) is 3.98. The summed E-state index contributed by atoms with van der Waals surface area (Å²) in [4.78, 5) is 27.7. The number of nitrogens with one attached hydrogen (secondary N) is 1. The first-order chi connectivity index (χ1) is 9.13. The van der Waals surface area contributed by atoms with Crippen LogP contribution in [-0.4, -0.2) is 22.3 Å². The van der Waals surface area contributed by atoms with Gasteiger partial charge in [-0.05, 0) is 19.1 Å². The van der Waals surface area contributed by atoms with E-state index in [1.54, 1.807) is 32.2 Å². The number of para-hydroxylation sites is 1. The van der Waals surface area contributed by atoms with E-state index in [9.17, 15) is 9.59 Å². The molecule has 1 amide bonds. The molecule has 0 saturated carbocycles. The van der Waals surface area contributed by atoms with Gasteiger partial charge in [0, 0.05) is 7.05 Å². The third-order valence-corrected chi connectivity index (χ3v) is 2.74. The largest absolute Gasteiger partial charge is 0.450 e. The van der Waals surface area contributed by atoms with E-state index >= 15 is 0 Å². The van der Waals surface area contributed by atoms with Gasteiger partial charge in [-0.15, -0.1) is 0 Å². The zero-order valence-electron chi connectivity index (χ0n) is 10.8. The van der Waals surface area contributed by atoms with Gasteiger partial charge in [0.15, 0.2) is 0 Å². The van der Waals surface area contributed by atoms with E-state index in [4.69, 9.17) is 4.74 Å². The Kier molecular flexibility index (Phi) is 3.79. The second-order valence-electron chi connectivity index (χ2n) is 3.98. The summed E-state index contributed by atoms with van der Waals surface area (Å²) in [7, 11) is 1.63. The minimum absolute atomic E-state index is 0.133. The molecule has 0 fully saturated rings. The van der Waals surface area contributed by atoms with Gasteiger partial charge in [0.05, 0.1) is 24.1 Å². The highest BCUT2D eigenvalue weighted by Crippen LogP contribution is 2.06. The van der Waals surface area contributed by atoms with Crippen LogP contribution in [0.1, 0.15) is 12.7 Å². The minimum Gasteiger partial charge on any atom is -0.450 e. The molecule has 0 radical (unpaired) electrons. The van der Waals surface area contributed by atoms with Crippen LogP contribution in [0.5, 0.6) is 0 Å². The van der Waals surface area contributed by atoms with Gasteiger partial charge in [0.25, 0.3) is 5.56 Å². The maximum atomic E-state index is 12.1. The Labute approximate surface area is 110 Å². The molecule has 6 heteroatoms. The third-order valence-electron chi connectivity index (χ3n) is 2.74. The van der Waals surface area contributed by atoms with E-state index in [0.29, 0.717) is 23.3 Å². The smallest absolute Gasteiger partial charge is 0.407 e. The minimum atomic E-state index is -0.523. The van der Waals surface area contributed by atoms with E-state index in [0.717, 1.165) is 0 Å². The predicted octanol–water partition coefficient (Wildman–Crippen LogP) is 1.18. The van der Waals surface area contributed by atoms with E-state index in [1.807, 2.05) is 6.07 Å². The monoisotopic (exact) mass is 261 g/mol. The van der Waals surface area contributed by atoms with Crippen LogP contribution in [0, 0.1) is 0 Å². The van der Waals surface area contributed by atoms with Gasteiger partial charge >= 0.3 is 6.09 Å². The first kappa shape index (κ1) is 13.1. The molecular formula is C13H15N3O3. The number of benzene rings is 1. The maximum absolute atomic E-state index is 12.1. The zero-order chi connectivity index (χ0) is 13.8. The standard InChI is InChI=1S/C13H15N3O3/c1-3-19-13(18)14-8-11-15-10-7-5-4-6-9(10)12(17)16(11)2/h4-7H,3,8H2,1-2H3,(H,14,18). The summed E-state index contributed by atoms with van der Waals surface area (Å²) in [5.74, 6) is 0.483. The topological polar surface area (TPSA) is 73.2 Å². The molecule has 0 aliphatic rings. The van der Waals surface area contributed by atoms with E-state index in [-0.39, 0.29) is 12.1 Å². The summed E-state index contributed by atoms with van der Waals surface area (Å²) in [6, 6.07) is 7.11. The molecule has 0 aliphatic carbocycles. The number of alkyl carbamates (subject to hydrolysis) is 1. The molecular weight excluding hydrogens is 246 g/mol. The van der Waals surface area contributed by atoms with E-state index < -0.39 is 6.09 Å². The number of rotatable bonds is 3. The van der Waals surface area contributed by atoms with Crippen molar-refractivity contribution in [3.63, 3.8) is 0 Å². The van der Waals surface area contributed by atoms with Gasteiger partial charge in [-0.3, -0.25) is 9.36 Å². The lowest BCUT2D eigenvalue weighted by molar-refractivity contribution is 0.151. The number of aromatic nitrogens is 2. The summed E-state index contributed by atoms with van der Waals surface area (Å²) in [5.41, 5.74) is 0.484. The van der Waals surface area contributed by atoms with Crippen molar-refractivity contribution in [3.05, 3.63) is 40.4 Å². The summed E-state index contributed by atoms with van der Waals surface area (Å²) in [6.07, 6.45) is -0.523. The number of fused-ring (bicyclic) bond motifs is 1. The molecule has 2 rings (SSSR count). The summed E-state index contributed by atoms with van der Waals surface area (Å²) in [5, 5.41) is 3.11. The zero-order valence-corrected chi connectivity index (χ0v) is 10.8. The summed E-state index contributed by atoms with van der Waals surface area (Å²) in [6.45, 7) is 2.18. The molecule has 0 spiro atoms. The lowest BCUT2D eigenvalue weighted by atomic mass is 10.2. The lowest BCUT2D eigenvalue weighted by Crippen LogP contribution is -2.29. The van der Waals surface area contributed by atoms with Gasteiger partial charge in [0.1, 0.15) is 5.82 Å². The Morgan fingerprint density at radius 1 is 1.42 bits per heavy atom. The Hall–Kier alpha value is -2.37. The number of carbonyl (C=O) groups excluding carboxylic acids is 1. The van der Waals surface area contributed by atoms with Crippen LogP contribution < -0.4 is 10.9 Å². The quantitative estimate of drug-likeness (QED) is 0.900. The van der Waals surface area contributed by atoms with Gasteiger partial charge in [-0.2, -0.15) is 0 Å². The normalized spacial score (nSPS) is 10.4. The van der Waals surface area contributed by atoms with Crippen LogP contribution in [0.3, 0.4) is 0 Å². The first-order valence-corrected chi connectivity index (χ1v) is 5.98. The summed E-state index contributed by atoms with van der Waals surface area (Å²) < 4.78 is 6.18. The fourth-order valence-electron chi connectivity index (χ4n) is 1.76. The van der Waals surface area contributed by atoms with Crippen LogP contribution in [0.15, 0.2) is 29.1 Å². The van der Waals surface area contributed by atoms with Crippen LogP contribution in [-0.2, 0) is 18.3 Å². The average Bonchev–Trinajstić information content (AvgIpc) is 2.42. The van der Waals surface area contributed by atoms with Crippen molar-refractivity contribution in [2.45, 2.75) is 13.5 Å². The van der Waals surface area contributed by atoms with Crippen molar-refractivity contribution in [2.75, 3.05) is 6.61 Å². The van der Waals surface area contributed by atoms with E-state index in [1.165, 1.54) is 4.57 Å². The molecule has 0 bridgehead atoms. The van der Waals surface area contributed by atoms with Crippen LogP contribution in [0.2, 0.25) is 0 Å². The molecule has 1 N–H and O–H groups in total. The molecule has 2 aromatic rings. The number of nitrogens with zero attached hydrogens (tertiary/aromatic N) is 2. The number of carbonyl (C=O) groups is 1. The van der Waals surface area contributed by atoms with Crippen molar-refractivity contribution >= 4 is 17.0 Å². The highest BCUT2D eigenvalue weighted by molar-refractivity contribution is 5.77. The lowest BCUT2D eigenvalue weighted by Gasteiger charge is -2.10. The molecule has 0 unspecified atom stereocenters. The van der Waals surface area contributed by atoms with Crippen molar-refractivity contribution < 1.29 is 9.53 Å². The number of hydrogen-bond donors (Lipinski definition) is 1. The first-order valence-electron chi connectivity index (χ1n) is 5.98. The highest BCUT2D eigenvalue weighted by Gasteiger charge is 2.09. The van der Waals surface area contributed by atoms with Crippen molar-refractivity contribution in [3.8, 4) is 0 Å². The molecule has 0 atom stereocenters. The van der Waals surface area contributed by atoms with Gasteiger partial charge in [-0.1, -0.05) is 12.1 Å². The summed E-state index contributed by atoms with van der Waals surface area (Å²) >= 11 is 0. The van der Waals surface area contributed by atoms with Crippen LogP contribution >= 0.6 is 0 Å². The van der Waals surface area contributed by atoms with Crippen molar-refractivity contribution in [1.82, 2.24) is 14.9 Å². The van der Waals surface area contributed by atoms with E-state index in [2.05, 4.69) is 10.3 Å². The Bertz CT molecular complexity index is 664. The molecule has 1 aromatic heterocycles. The van der Waals surface area contributed by atoms with Crippen molar-refractivity contribution in [1.29, 1.82) is 0 Å². The number of ether oxygens (including phenoxy) is 1. The van der Waals surface area contributed by atoms with Gasteiger partial charge < -0.3 is 10.1 Å². The van der Waals surface area contributed by atoms with Crippen molar-refractivity contribution in [2.24, 2.45) is 7.05 Å². The molecule has 0 saturated heterocycles. The third kappa shape index (κ3) is 2.73. The van der Waals surface area contributed by atoms with Crippen LogP contribution in [0.4, 0.5) is 4.79 Å². The average molecular weight is 261 g/mol. The Morgan fingerprint density at radius 2 is 2.16 bits per heavy atom. The Balaban J connectivity index is 2.31. The fourth-order valence-corrected chi connectivity index (χ4v) is 1.76. The molecule has 19 heavy (non-hydrogen) atoms. The molecule has 1 heterocycles. The maximum Gasteiger partial charge on any atom is 0.407 e. The Morgan fingerprint density at radius 3 is 2.89 bits per heavy atom. The number of amides is 1. The fraction of sp³-hybridized carbons (Fsp3) is 0.308. The highest BCUT2D eigenvalue weighted by atomic mass is 16.5. The van der Waals surface area contributed by atoms with Gasteiger partial charge in [0.2, 0.25) is 0 Å². The molecule has 1 aromatic carbocycles. The number of hydrogen-bond acceptors (Lipinski definition) is 4. The van der Waals surface area contributed by atoms with Crippen LogP contribution in [0.25, 0.3) is 10.9 Å².